The Bertz CT molecular complexity index is 1250. The number of sulfonamides is 2. The molecule has 4 rings (SSSR count). The molecule has 33 heavy (non-hydrogen) atoms. The minimum Gasteiger partial charge on any atom is -0.492 e. The summed E-state index contributed by atoms with van der Waals surface area (Å²) in [7, 11) is -7.13. The van der Waals surface area contributed by atoms with Gasteiger partial charge in [-0.1, -0.05) is 6.07 Å². The first-order valence-electron chi connectivity index (χ1n) is 10.9. The van der Waals surface area contributed by atoms with Gasteiger partial charge in [0.1, 0.15) is 10.6 Å². The zero-order valence-corrected chi connectivity index (χ0v) is 20.0. The number of rotatable bonds is 7. The first-order valence-corrected chi connectivity index (χ1v) is 14.0. The van der Waals surface area contributed by atoms with Crippen LogP contribution in [0.15, 0.2) is 47.4 Å². The van der Waals surface area contributed by atoms with Crippen molar-refractivity contribution >= 4 is 37.3 Å². The highest BCUT2D eigenvalue weighted by molar-refractivity contribution is 7.93. The number of anilines is 2. The molecule has 178 valence electrons. The lowest BCUT2D eigenvalue weighted by atomic mass is 10.1. The minimum absolute atomic E-state index is 0.0148. The van der Waals surface area contributed by atoms with Crippen molar-refractivity contribution in [3.05, 3.63) is 48.0 Å². The van der Waals surface area contributed by atoms with Crippen LogP contribution in [0.4, 0.5) is 11.4 Å². The molecule has 11 heteroatoms. The fourth-order valence-corrected chi connectivity index (χ4v) is 7.30. The number of nitrogens with zero attached hydrogens (tertiary/aromatic N) is 2. The number of hydrogen-bond donors (Lipinski definition) is 1. The predicted octanol–water partition coefficient (Wildman–Crippen LogP) is 2.66. The number of amides is 1. The van der Waals surface area contributed by atoms with E-state index in [1.165, 1.54) is 26.8 Å². The maximum Gasteiger partial charge on any atom is 0.255 e. The molecular formula is C22H27N3O6S2. The highest BCUT2D eigenvalue weighted by atomic mass is 32.2. The topological polar surface area (TPSA) is 113 Å². The first kappa shape index (κ1) is 23.5. The molecule has 0 aliphatic carbocycles. The molecule has 2 fully saturated rings. The second-order valence-corrected chi connectivity index (χ2v) is 11.9. The Morgan fingerprint density at radius 1 is 1.06 bits per heavy atom. The zero-order valence-electron chi connectivity index (χ0n) is 18.4. The maximum atomic E-state index is 13.2. The molecule has 2 aromatic carbocycles. The quantitative estimate of drug-likeness (QED) is 0.635. The van der Waals surface area contributed by atoms with E-state index in [2.05, 4.69) is 5.32 Å². The largest absolute Gasteiger partial charge is 0.492 e. The predicted molar refractivity (Wildman–Crippen MR) is 126 cm³/mol. The first-order chi connectivity index (χ1) is 15.7. The molecule has 2 aromatic rings. The van der Waals surface area contributed by atoms with Crippen LogP contribution in [0, 0.1) is 0 Å². The van der Waals surface area contributed by atoms with Gasteiger partial charge in [0.25, 0.3) is 5.91 Å². The summed E-state index contributed by atoms with van der Waals surface area (Å²) in [6, 6.07) is 10.9. The standard InChI is InChI=1S/C22H27N3O6S2/c1-2-31-20-10-9-18(16-21(20)33(29,30)24-11-3-4-12-24)23-22(26)17-7-5-8-19(15-17)25-13-6-14-32(25,27)28/h5,7-10,15-16H,2-4,6,11-14H2,1H3,(H,23,26). The van der Waals surface area contributed by atoms with Crippen molar-refractivity contribution in [2.24, 2.45) is 0 Å². The van der Waals surface area contributed by atoms with E-state index < -0.39 is 26.0 Å². The van der Waals surface area contributed by atoms with Crippen LogP contribution in [-0.4, -0.2) is 59.0 Å². The van der Waals surface area contributed by atoms with Gasteiger partial charge in [-0.05, 0) is 62.6 Å². The smallest absolute Gasteiger partial charge is 0.255 e. The van der Waals surface area contributed by atoms with Crippen LogP contribution in [-0.2, 0) is 20.0 Å². The maximum absolute atomic E-state index is 13.2. The Labute approximate surface area is 194 Å². The molecule has 1 N–H and O–H groups in total. The van der Waals surface area contributed by atoms with Gasteiger partial charge < -0.3 is 10.1 Å². The van der Waals surface area contributed by atoms with Gasteiger partial charge in [-0.25, -0.2) is 16.8 Å². The second kappa shape index (κ2) is 9.32. The summed E-state index contributed by atoms with van der Waals surface area (Å²) in [6.45, 7) is 3.37. The Balaban J connectivity index is 1.60. The highest BCUT2D eigenvalue weighted by Crippen LogP contribution is 2.32. The monoisotopic (exact) mass is 493 g/mol. The van der Waals surface area contributed by atoms with Crippen LogP contribution >= 0.6 is 0 Å². The molecule has 0 aromatic heterocycles. The molecule has 0 atom stereocenters. The highest BCUT2D eigenvalue weighted by Gasteiger charge is 2.31. The fraction of sp³-hybridized carbons (Fsp3) is 0.409. The molecule has 9 nitrogen and oxygen atoms in total. The van der Waals surface area contributed by atoms with Gasteiger partial charge in [0.05, 0.1) is 18.0 Å². The second-order valence-electron chi connectivity index (χ2n) is 7.95. The number of carbonyl (C=O) groups is 1. The SMILES string of the molecule is CCOc1ccc(NC(=O)c2cccc(N3CCCS3(=O)=O)c2)cc1S(=O)(=O)N1CCCC1. The Morgan fingerprint density at radius 2 is 1.82 bits per heavy atom. The van der Waals surface area contributed by atoms with E-state index in [4.69, 9.17) is 4.74 Å². The van der Waals surface area contributed by atoms with Crippen molar-refractivity contribution in [1.29, 1.82) is 0 Å². The van der Waals surface area contributed by atoms with Crippen molar-refractivity contribution in [1.82, 2.24) is 4.31 Å². The summed E-state index contributed by atoms with van der Waals surface area (Å²) >= 11 is 0. The summed E-state index contributed by atoms with van der Waals surface area (Å²) in [5.41, 5.74) is 1.01. The zero-order chi connectivity index (χ0) is 23.6. The molecule has 1 amide bonds. The number of benzene rings is 2. The third kappa shape index (κ3) is 4.85. The molecule has 0 bridgehead atoms. The number of ether oxygens (including phenoxy) is 1. The Kier molecular flexibility index (Phi) is 6.64. The van der Waals surface area contributed by atoms with Gasteiger partial charge in [-0.15, -0.1) is 0 Å². The van der Waals surface area contributed by atoms with Crippen LogP contribution in [0.1, 0.15) is 36.5 Å². The summed E-state index contributed by atoms with van der Waals surface area (Å²) in [5, 5.41) is 2.72. The van der Waals surface area contributed by atoms with Crippen LogP contribution in [0.25, 0.3) is 0 Å². The van der Waals surface area contributed by atoms with E-state index in [0.717, 1.165) is 12.8 Å². The van der Waals surface area contributed by atoms with Crippen molar-refractivity contribution < 1.29 is 26.4 Å². The van der Waals surface area contributed by atoms with Crippen LogP contribution in [0.5, 0.6) is 5.75 Å². The molecule has 0 radical (unpaired) electrons. The van der Waals surface area contributed by atoms with Gasteiger partial charge in [0.2, 0.25) is 20.0 Å². The summed E-state index contributed by atoms with van der Waals surface area (Å²) in [4.78, 5) is 12.9. The van der Waals surface area contributed by atoms with Gasteiger partial charge in [-0.3, -0.25) is 9.10 Å². The average molecular weight is 494 g/mol. The lowest BCUT2D eigenvalue weighted by Crippen LogP contribution is -2.28. The van der Waals surface area contributed by atoms with Gasteiger partial charge in [0, 0.05) is 30.9 Å². The van der Waals surface area contributed by atoms with E-state index in [0.29, 0.717) is 44.0 Å². The lowest BCUT2D eigenvalue weighted by Gasteiger charge is -2.19. The molecular weight excluding hydrogens is 466 g/mol. The summed E-state index contributed by atoms with van der Waals surface area (Å²) in [6.07, 6.45) is 2.16. The third-order valence-corrected chi connectivity index (χ3v) is 9.47. The van der Waals surface area contributed by atoms with E-state index in [9.17, 15) is 21.6 Å². The van der Waals surface area contributed by atoms with E-state index >= 15 is 0 Å². The third-order valence-electron chi connectivity index (χ3n) is 5.68. The van der Waals surface area contributed by atoms with Crippen LogP contribution in [0.3, 0.4) is 0 Å². The van der Waals surface area contributed by atoms with E-state index in [1.807, 2.05) is 0 Å². The van der Waals surface area contributed by atoms with Gasteiger partial charge in [0.15, 0.2) is 0 Å². The molecule has 0 unspecified atom stereocenters. The summed E-state index contributed by atoms with van der Waals surface area (Å²) in [5.74, 6) is -0.144. The van der Waals surface area contributed by atoms with E-state index in [1.54, 1.807) is 31.2 Å². The molecule has 2 aliphatic rings. The summed E-state index contributed by atoms with van der Waals surface area (Å²) < 4.78 is 59.0. The van der Waals surface area contributed by atoms with E-state index in [-0.39, 0.29) is 22.0 Å². The lowest BCUT2D eigenvalue weighted by molar-refractivity contribution is 0.102. The Hall–Kier alpha value is -2.63. The molecule has 0 saturated carbocycles. The Morgan fingerprint density at radius 3 is 2.48 bits per heavy atom. The van der Waals surface area contributed by atoms with Crippen molar-refractivity contribution in [2.45, 2.75) is 31.1 Å². The number of hydrogen-bond acceptors (Lipinski definition) is 6. The molecule has 2 heterocycles. The van der Waals surface area contributed by atoms with Crippen molar-refractivity contribution in [3.63, 3.8) is 0 Å². The van der Waals surface area contributed by atoms with Gasteiger partial charge >= 0.3 is 0 Å². The van der Waals surface area contributed by atoms with Crippen molar-refractivity contribution in [2.75, 3.05) is 41.6 Å². The normalized spacial score (nSPS) is 18.4. The molecule has 2 aliphatic heterocycles. The van der Waals surface area contributed by atoms with Crippen LogP contribution < -0.4 is 14.4 Å². The van der Waals surface area contributed by atoms with Crippen LogP contribution in [0.2, 0.25) is 0 Å². The average Bonchev–Trinajstić information content (AvgIpc) is 3.45. The van der Waals surface area contributed by atoms with Crippen molar-refractivity contribution in [3.8, 4) is 5.75 Å². The number of nitrogens with one attached hydrogen (secondary N) is 1. The molecule has 2 saturated heterocycles. The fourth-order valence-electron chi connectivity index (χ4n) is 4.06. The minimum atomic E-state index is -3.76. The molecule has 0 spiro atoms. The van der Waals surface area contributed by atoms with Gasteiger partial charge in [-0.2, -0.15) is 4.31 Å². The number of carbonyl (C=O) groups excluding carboxylic acids is 1.